The molecule has 0 N–H and O–H groups in total. The lowest BCUT2D eigenvalue weighted by Crippen LogP contribution is -2.29. The first-order chi connectivity index (χ1) is 11.2. The Morgan fingerprint density at radius 1 is 0.739 bits per heavy atom. The van der Waals surface area contributed by atoms with Crippen LogP contribution in [0.2, 0.25) is 0 Å². The number of allylic oxidation sites excluding steroid dienone is 6. The third kappa shape index (κ3) is 1.91. The zero-order chi connectivity index (χ0) is 16.4. The molecule has 0 aliphatic heterocycles. The Hall–Kier alpha value is -2.60. The highest BCUT2D eigenvalue weighted by molar-refractivity contribution is 5.86. The molecule has 23 heavy (non-hydrogen) atoms. The molecule has 0 radical (unpaired) electrons. The van der Waals surface area contributed by atoms with Crippen molar-refractivity contribution in [1.29, 1.82) is 0 Å². The van der Waals surface area contributed by atoms with Gasteiger partial charge in [-0.15, -0.1) is 0 Å². The maximum atomic E-state index is 4.09. The van der Waals surface area contributed by atoms with E-state index in [9.17, 15) is 0 Å². The van der Waals surface area contributed by atoms with Gasteiger partial charge in [-0.05, 0) is 47.2 Å². The number of rotatable bonds is 4. The third-order valence-electron chi connectivity index (χ3n) is 4.88. The molecule has 0 bridgehead atoms. The Labute approximate surface area is 139 Å². The van der Waals surface area contributed by atoms with Crippen LogP contribution in [0.15, 0.2) is 97.1 Å². The molecule has 114 valence electrons. The standard InChI is InChI=1S/C23H22/c1-5-17(6-2)23(18(7-3)8-4)21-15-11-9-13-19(21)20-14-10-12-16-22(20)23/h5-16H,1,3H2,2,4H3/b17-6+,18-8+. The summed E-state index contributed by atoms with van der Waals surface area (Å²) in [6, 6.07) is 17.3. The zero-order valence-corrected chi connectivity index (χ0v) is 13.8. The van der Waals surface area contributed by atoms with Gasteiger partial charge < -0.3 is 0 Å². The van der Waals surface area contributed by atoms with Gasteiger partial charge in [0.2, 0.25) is 0 Å². The summed E-state index contributed by atoms with van der Waals surface area (Å²) >= 11 is 0. The monoisotopic (exact) mass is 298 g/mol. The molecule has 3 rings (SSSR count). The second-order valence-electron chi connectivity index (χ2n) is 5.74. The molecule has 1 aliphatic carbocycles. The van der Waals surface area contributed by atoms with Crippen molar-refractivity contribution in [3.63, 3.8) is 0 Å². The first-order valence-corrected chi connectivity index (χ1v) is 8.03. The summed E-state index contributed by atoms with van der Waals surface area (Å²) in [6.45, 7) is 12.3. The molecule has 1 aliphatic rings. The molecule has 0 amide bonds. The second-order valence-corrected chi connectivity index (χ2v) is 5.74. The fraction of sp³-hybridized carbons (Fsp3) is 0.130. The molecule has 2 aromatic rings. The molecule has 2 aromatic carbocycles. The van der Waals surface area contributed by atoms with E-state index in [4.69, 9.17) is 0 Å². The SMILES string of the molecule is C=C/C(=C\C)C1(/C(C=C)=C/C)c2ccccc2-c2ccccc21. The Balaban J connectivity index is 2.54. The number of hydrogen-bond donors (Lipinski definition) is 0. The average molecular weight is 298 g/mol. The van der Waals surface area contributed by atoms with Crippen molar-refractivity contribution in [3.05, 3.63) is 108 Å². The van der Waals surface area contributed by atoms with Crippen LogP contribution in [0, 0.1) is 0 Å². The highest BCUT2D eigenvalue weighted by atomic mass is 14.5. The number of benzene rings is 2. The molecule has 0 saturated carbocycles. The molecule has 0 aromatic heterocycles. The largest absolute Gasteiger partial charge is 0.0987 e. The number of fused-ring (bicyclic) bond motifs is 3. The Bertz CT molecular complexity index is 759. The van der Waals surface area contributed by atoms with Crippen LogP contribution in [0.3, 0.4) is 0 Å². The van der Waals surface area contributed by atoms with Crippen LogP contribution < -0.4 is 0 Å². The molecule has 0 atom stereocenters. The predicted molar refractivity (Wildman–Crippen MR) is 101 cm³/mol. The molecule has 0 spiro atoms. The van der Waals surface area contributed by atoms with E-state index < -0.39 is 0 Å². The third-order valence-corrected chi connectivity index (χ3v) is 4.88. The zero-order valence-electron chi connectivity index (χ0n) is 13.8. The molecular weight excluding hydrogens is 276 g/mol. The highest BCUT2D eigenvalue weighted by Gasteiger charge is 2.46. The van der Waals surface area contributed by atoms with Crippen LogP contribution in [-0.2, 0) is 5.41 Å². The maximum absolute atomic E-state index is 4.09. The van der Waals surface area contributed by atoms with E-state index in [1.165, 1.54) is 33.4 Å². The maximum Gasteiger partial charge on any atom is 0.0706 e. The van der Waals surface area contributed by atoms with Crippen molar-refractivity contribution in [2.24, 2.45) is 0 Å². The Kier molecular flexibility index (Phi) is 3.92. The van der Waals surface area contributed by atoms with Crippen molar-refractivity contribution < 1.29 is 0 Å². The van der Waals surface area contributed by atoms with Gasteiger partial charge in [0.05, 0.1) is 5.41 Å². The van der Waals surface area contributed by atoms with Gasteiger partial charge in [-0.25, -0.2) is 0 Å². The van der Waals surface area contributed by atoms with E-state index in [2.05, 4.69) is 87.7 Å². The molecular formula is C23H22. The highest BCUT2D eigenvalue weighted by Crippen LogP contribution is 2.56. The van der Waals surface area contributed by atoms with Crippen molar-refractivity contribution >= 4 is 0 Å². The minimum absolute atomic E-state index is 0.319. The molecule has 0 unspecified atom stereocenters. The van der Waals surface area contributed by atoms with Crippen LogP contribution in [0.1, 0.15) is 25.0 Å². The summed E-state index contributed by atoms with van der Waals surface area (Å²) in [7, 11) is 0. The fourth-order valence-corrected chi connectivity index (χ4v) is 4.00. The summed E-state index contributed by atoms with van der Waals surface area (Å²) in [6.07, 6.45) is 8.29. The molecule has 0 heterocycles. The summed E-state index contributed by atoms with van der Waals surface area (Å²) in [5, 5.41) is 0. The van der Waals surface area contributed by atoms with E-state index in [0.717, 1.165) is 0 Å². The second kappa shape index (κ2) is 5.89. The van der Waals surface area contributed by atoms with Gasteiger partial charge in [-0.1, -0.05) is 86.0 Å². The van der Waals surface area contributed by atoms with E-state index in [1.54, 1.807) is 0 Å². The van der Waals surface area contributed by atoms with Crippen molar-refractivity contribution in [2.45, 2.75) is 19.3 Å². The first kappa shape index (κ1) is 15.3. The summed E-state index contributed by atoms with van der Waals surface area (Å²) in [5.74, 6) is 0. The van der Waals surface area contributed by atoms with Crippen LogP contribution in [-0.4, -0.2) is 0 Å². The van der Waals surface area contributed by atoms with Crippen LogP contribution in [0.5, 0.6) is 0 Å². The van der Waals surface area contributed by atoms with E-state index in [0.29, 0.717) is 0 Å². The molecule has 0 fully saturated rings. The van der Waals surface area contributed by atoms with Crippen LogP contribution in [0.25, 0.3) is 11.1 Å². The van der Waals surface area contributed by atoms with Gasteiger partial charge >= 0.3 is 0 Å². The number of hydrogen-bond acceptors (Lipinski definition) is 0. The lowest BCUT2D eigenvalue weighted by atomic mass is 9.66. The van der Waals surface area contributed by atoms with Crippen LogP contribution in [0.4, 0.5) is 0 Å². The summed E-state index contributed by atoms with van der Waals surface area (Å²) < 4.78 is 0. The van der Waals surface area contributed by atoms with Gasteiger partial charge in [0.15, 0.2) is 0 Å². The molecule has 0 nitrogen and oxygen atoms in total. The lowest BCUT2D eigenvalue weighted by Gasteiger charge is -2.35. The lowest BCUT2D eigenvalue weighted by molar-refractivity contribution is 0.763. The van der Waals surface area contributed by atoms with Crippen molar-refractivity contribution in [1.82, 2.24) is 0 Å². The van der Waals surface area contributed by atoms with E-state index in [-0.39, 0.29) is 5.41 Å². The minimum atomic E-state index is -0.319. The Morgan fingerprint density at radius 2 is 1.13 bits per heavy atom. The van der Waals surface area contributed by atoms with E-state index in [1.807, 2.05) is 12.2 Å². The first-order valence-electron chi connectivity index (χ1n) is 8.03. The average Bonchev–Trinajstić information content (AvgIpc) is 2.90. The quantitative estimate of drug-likeness (QED) is 0.588. The summed E-state index contributed by atoms with van der Waals surface area (Å²) in [5.41, 5.74) is 7.28. The van der Waals surface area contributed by atoms with Crippen molar-refractivity contribution in [3.8, 4) is 11.1 Å². The fourth-order valence-electron chi connectivity index (χ4n) is 4.00. The molecule has 0 heteroatoms. The van der Waals surface area contributed by atoms with Gasteiger partial charge in [0.25, 0.3) is 0 Å². The smallest absolute Gasteiger partial charge is 0.0706 e. The predicted octanol–water partition coefficient (Wildman–Crippen LogP) is 6.22. The normalized spacial score (nSPS) is 15.7. The minimum Gasteiger partial charge on any atom is -0.0987 e. The van der Waals surface area contributed by atoms with Gasteiger partial charge in [0, 0.05) is 0 Å². The van der Waals surface area contributed by atoms with Gasteiger partial charge in [-0.3, -0.25) is 0 Å². The van der Waals surface area contributed by atoms with Gasteiger partial charge in [0.1, 0.15) is 0 Å². The molecule has 0 saturated heterocycles. The van der Waals surface area contributed by atoms with Gasteiger partial charge in [-0.2, -0.15) is 0 Å². The van der Waals surface area contributed by atoms with Crippen molar-refractivity contribution in [2.75, 3.05) is 0 Å². The Morgan fingerprint density at radius 3 is 1.48 bits per heavy atom. The van der Waals surface area contributed by atoms with E-state index >= 15 is 0 Å². The summed E-state index contributed by atoms with van der Waals surface area (Å²) in [4.78, 5) is 0. The van der Waals surface area contributed by atoms with Crippen LogP contribution >= 0.6 is 0 Å². The topological polar surface area (TPSA) is 0 Å².